The van der Waals surface area contributed by atoms with Crippen LogP contribution in [0.2, 0.25) is 0 Å². The topological polar surface area (TPSA) is 112 Å². The summed E-state index contributed by atoms with van der Waals surface area (Å²) >= 11 is 0. The maximum Gasteiger partial charge on any atom is 0.265 e. The second kappa shape index (κ2) is 9.67. The van der Waals surface area contributed by atoms with E-state index >= 15 is 0 Å². The Hall–Kier alpha value is -2.82. The Morgan fingerprint density at radius 2 is 1.77 bits per heavy atom. The largest absolute Gasteiger partial charge is 0.488 e. The summed E-state index contributed by atoms with van der Waals surface area (Å²) in [5.41, 5.74) is 1.45. The quantitative estimate of drug-likeness (QED) is 0.532. The molecule has 2 aromatic carbocycles. The van der Waals surface area contributed by atoms with Crippen molar-refractivity contribution in [1.29, 1.82) is 0 Å². The highest BCUT2D eigenvalue weighted by molar-refractivity contribution is 6.23. The van der Waals surface area contributed by atoms with Gasteiger partial charge >= 0.3 is 0 Å². The first-order valence-corrected chi connectivity index (χ1v) is 12.0. The van der Waals surface area contributed by atoms with Gasteiger partial charge in [-0.15, -0.1) is 0 Å². The van der Waals surface area contributed by atoms with E-state index in [1.165, 1.54) is 5.56 Å². The molecule has 0 bridgehead atoms. The Morgan fingerprint density at radius 3 is 2.49 bits per heavy atom. The molecule has 3 heterocycles. The van der Waals surface area contributed by atoms with E-state index in [9.17, 15) is 19.8 Å². The lowest BCUT2D eigenvalue weighted by Crippen LogP contribution is -2.66. The van der Waals surface area contributed by atoms with Gasteiger partial charge in [-0.3, -0.25) is 24.7 Å². The van der Waals surface area contributed by atoms with Crippen molar-refractivity contribution < 1.29 is 29.3 Å². The Morgan fingerprint density at radius 1 is 1.06 bits per heavy atom. The summed E-state index contributed by atoms with van der Waals surface area (Å²) in [6, 6.07) is 13.1. The van der Waals surface area contributed by atoms with Gasteiger partial charge in [-0.2, -0.15) is 0 Å². The molecule has 2 fully saturated rings. The van der Waals surface area contributed by atoms with Crippen LogP contribution in [0.1, 0.15) is 51.6 Å². The number of hydrogen-bond donors (Lipinski definition) is 3. The van der Waals surface area contributed by atoms with Gasteiger partial charge in [0, 0.05) is 19.6 Å². The molecule has 2 amide bonds. The van der Waals surface area contributed by atoms with Crippen molar-refractivity contribution in [3.05, 3.63) is 64.7 Å². The van der Waals surface area contributed by atoms with Crippen LogP contribution in [0.15, 0.2) is 42.5 Å². The number of benzene rings is 2. The smallest absolute Gasteiger partial charge is 0.265 e. The summed E-state index contributed by atoms with van der Waals surface area (Å²) < 4.78 is 11.4. The molecule has 3 N–H and O–H groups in total. The number of aliphatic hydroxyl groups is 2. The van der Waals surface area contributed by atoms with E-state index in [-0.39, 0.29) is 24.2 Å². The highest BCUT2D eigenvalue weighted by atomic mass is 16.5. The van der Waals surface area contributed by atoms with Crippen molar-refractivity contribution in [2.75, 3.05) is 26.3 Å². The van der Waals surface area contributed by atoms with Gasteiger partial charge in [0.05, 0.1) is 29.9 Å². The second-order valence-corrected chi connectivity index (χ2v) is 9.60. The molecule has 0 aromatic heterocycles. The summed E-state index contributed by atoms with van der Waals surface area (Å²) in [6.45, 7) is 6.17. The van der Waals surface area contributed by atoms with E-state index in [0.29, 0.717) is 12.2 Å². The number of nitrogens with zero attached hydrogens (tertiary/aromatic N) is 2. The van der Waals surface area contributed by atoms with Gasteiger partial charge in [0.25, 0.3) is 11.8 Å². The van der Waals surface area contributed by atoms with Gasteiger partial charge in [0.15, 0.2) is 0 Å². The molecule has 0 saturated carbocycles. The first-order valence-electron chi connectivity index (χ1n) is 12.0. The van der Waals surface area contributed by atoms with Gasteiger partial charge < -0.3 is 19.7 Å². The zero-order valence-electron chi connectivity index (χ0n) is 19.8. The number of imide groups is 1. The number of amides is 2. The summed E-state index contributed by atoms with van der Waals surface area (Å²) in [5.74, 6) is -0.633. The van der Waals surface area contributed by atoms with Crippen LogP contribution < -0.4 is 10.1 Å². The second-order valence-electron chi connectivity index (χ2n) is 9.60. The van der Waals surface area contributed by atoms with Gasteiger partial charge in [0.2, 0.25) is 0 Å². The van der Waals surface area contributed by atoms with Crippen molar-refractivity contribution in [3.8, 4) is 5.75 Å². The third-order valence-electron chi connectivity index (χ3n) is 7.18. The lowest BCUT2D eigenvalue weighted by Gasteiger charge is -2.45. The molecule has 35 heavy (non-hydrogen) atoms. The lowest BCUT2D eigenvalue weighted by molar-refractivity contribution is -0.0827. The summed E-state index contributed by atoms with van der Waals surface area (Å²) in [4.78, 5) is 30.1. The molecule has 3 aliphatic rings. The van der Waals surface area contributed by atoms with Crippen LogP contribution in [-0.4, -0.2) is 76.1 Å². The highest BCUT2D eigenvalue weighted by Gasteiger charge is 2.52. The first-order chi connectivity index (χ1) is 16.9. The monoisotopic (exact) mass is 481 g/mol. The molecule has 3 atom stereocenters. The maximum absolute atomic E-state index is 13.4. The average molecular weight is 482 g/mol. The summed E-state index contributed by atoms with van der Waals surface area (Å²) in [6.07, 6.45) is -1.53. The summed E-state index contributed by atoms with van der Waals surface area (Å²) in [7, 11) is 0. The number of morpholine rings is 1. The van der Waals surface area contributed by atoms with Gasteiger partial charge in [0.1, 0.15) is 24.8 Å². The molecule has 0 spiro atoms. The van der Waals surface area contributed by atoms with Crippen molar-refractivity contribution >= 4 is 11.8 Å². The fraction of sp³-hybridized carbons (Fsp3) is 0.462. The number of carbonyl (C=O) groups excluding carboxylic acids is 2. The minimum absolute atomic E-state index is 0.209. The maximum atomic E-state index is 13.4. The predicted octanol–water partition coefficient (Wildman–Crippen LogP) is 1.47. The molecule has 2 saturated heterocycles. The van der Waals surface area contributed by atoms with E-state index in [4.69, 9.17) is 9.47 Å². The standard InChI is InChI=1S/C26H31N3O6/c1-26(10-9-21(30)27-25(26)33)29-23(31)19-3-2-4-20(22(19)24(29)32)35-16-18-7-5-17(6-8-18)15-28-11-13-34-14-12-28/h2-8,21,25,27,30,33H,9-16H2,1H3/t21-,25-,26-/m0/s1. The number of fused-ring (bicyclic) bond motifs is 1. The number of ether oxygens (including phenoxy) is 2. The fourth-order valence-electron chi connectivity index (χ4n) is 5.00. The predicted molar refractivity (Wildman–Crippen MR) is 127 cm³/mol. The van der Waals surface area contributed by atoms with E-state index < -0.39 is 29.8 Å². The normalized spacial score (nSPS) is 27.2. The van der Waals surface area contributed by atoms with Crippen molar-refractivity contribution in [2.24, 2.45) is 0 Å². The molecule has 0 aliphatic carbocycles. The zero-order valence-corrected chi connectivity index (χ0v) is 19.8. The molecule has 186 valence electrons. The Balaban J connectivity index is 1.29. The van der Waals surface area contributed by atoms with Crippen LogP contribution in [0, 0.1) is 0 Å². The number of aliphatic hydroxyl groups excluding tert-OH is 2. The number of carbonyl (C=O) groups is 2. The third-order valence-corrected chi connectivity index (χ3v) is 7.18. The molecule has 3 aliphatic heterocycles. The number of piperidine rings is 1. The van der Waals surface area contributed by atoms with Crippen LogP contribution in [0.5, 0.6) is 5.75 Å². The van der Waals surface area contributed by atoms with Gasteiger partial charge in [-0.25, -0.2) is 0 Å². The minimum atomic E-state index is -1.24. The number of rotatable bonds is 6. The van der Waals surface area contributed by atoms with Crippen molar-refractivity contribution in [1.82, 2.24) is 15.1 Å². The van der Waals surface area contributed by atoms with E-state index in [0.717, 1.165) is 43.3 Å². The lowest BCUT2D eigenvalue weighted by atomic mass is 9.87. The molecule has 5 rings (SSSR count). The molecule has 0 radical (unpaired) electrons. The molecule has 0 unspecified atom stereocenters. The zero-order chi connectivity index (χ0) is 24.6. The fourth-order valence-corrected chi connectivity index (χ4v) is 5.00. The van der Waals surface area contributed by atoms with Gasteiger partial charge in [-0.1, -0.05) is 30.3 Å². The van der Waals surface area contributed by atoms with E-state index in [1.807, 2.05) is 12.1 Å². The first kappa shape index (κ1) is 23.9. The van der Waals surface area contributed by atoms with Crippen molar-refractivity contribution in [3.63, 3.8) is 0 Å². The van der Waals surface area contributed by atoms with Crippen molar-refractivity contribution in [2.45, 2.75) is 50.9 Å². The Bertz CT molecular complexity index is 1100. The molecule has 9 nitrogen and oxygen atoms in total. The minimum Gasteiger partial charge on any atom is -0.488 e. The number of nitrogens with one attached hydrogen (secondary N) is 1. The number of hydrogen-bond acceptors (Lipinski definition) is 8. The van der Waals surface area contributed by atoms with Crippen LogP contribution in [0.3, 0.4) is 0 Å². The Kier molecular flexibility index (Phi) is 6.61. The molecule has 2 aromatic rings. The highest BCUT2D eigenvalue weighted by Crippen LogP contribution is 2.39. The average Bonchev–Trinajstić information content (AvgIpc) is 3.13. The Labute approximate surface area is 204 Å². The molecular formula is C26H31N3O6. The third kappa shape index (κ3) is 4.57. The van der Waals surface area contributed by atoms with Gasteiger partial charge in [-0.05, 0) is 43.0 Å². The van der Waals surface area contributed by atoms with Crippen LogP contribution in [0.25, 0.3) is 0 Å². The molecule has 9 heteroatoms. The molecular weight excluding hydrogens is 450 g/mol. The van der Waals surface area contributed by atoms with Crippen LogP contribution >= 0.6 is 0 Å². The van der Waals surface area contributed by atoms with Crippen LogP contribution in [0.4, 0.5) is 0 Å². The van der Waals surface area contributed by atoms with Crippen LogP contribution in [-0.2, 0) is 17.9 Å². The SMILES string of the molecule is C[C@]1(N2C(=O)c3cccc(OCc4ccc(CN5CCOCC5)cc4)c3C2=O)CC[C@H](O)N[C@H]1O. The summed E-state index contributed by atoms with van der Waals surface area (Å²) in [5, 5.41) is 23.0. The van der Waals surface area contributed by atoms with E-state index in [1.54, 1.807) is 25.1 Å². The van der Waals surface area contributed by atoms with E-state index in [2.05, 4.69) is 22.3 Å².